The zero-order valence-corrected chi connectivity index (χ0v) is 6.78. The maximum Gasteiger partial charge on any atom is 0.0333 e. The number of hydrogen-bond donors (Lipinski definition) is 1. The summed E-state index contributed by atoms with van der Waals surface area (Å²) in [4.78, 5) is 0. The van der Waals surface area contributed by atoms with E-state index in [2.05, 4.69) is 31.3 Å². The van der Waals surface area contributed by atoms with Gasteiger partial charge in [-0.2, -0.15) is 0 Å². The van der Waals surface area contributed by atoms with Crippen LogP contribution >= 0.6 is 0 Å². The minimum Gasteiger partial charge on any atom is -0.385 e. The maximum atomic E-state index is 3.32. The number of dihydropyridines is 1. The molecular weight excluding hydrogens is 122 g/mol. The van der Waals surface area contributed by atoms with Gasteiger partial charge in [-0.05, 0) is 24.5 Å². The molecule has 56 valence electrons. The van der Waals surface area contributed by atoms with Crippen molar-refractivity contribution >= 4 is 0 Å². The van der Waals surface area contributed by atoms with Crippen LogP contribution in [0.25, 0.3) is 0 Å². The first-order valence-corrected chi connectivity index (χ1v) is 4.00. The lowest BCUT2D eigenvalue weighted by Gasteiger charge is -2.13. The zero-order valence-electron chi connectivity index (χ0n) is 6.78. The average molecular weight is 137 g/mol. The Kier molecular flexibility index (Phi) is 2.55. The lowest BCUT2D eigenvalue weighted by Crippen LogP contribution is -2.16. The molecule has 0 amide bonds. The van der Waals surface area contributed by atoms with Crippen molar-refractivity contribution in [1.82, 2.24) is 5.32 Å². The Bertz CT molecular complexity index is 166. The monoisotopic (exact) mass is 137 g/mol. The smallest absolute Gasteiger partial charge is 0.0333 e. The fraction of sp³-hybridized carbons (Fsp3) is 0.556. The summed E-state index contributed by atoms with van der Waals surface area (Å²) in [6, 6.07) is 0. The maximum absolute atomic E-state index is 3.32. The molecule has 0 aromatic rings. The van der Waals surface area contributed by atoms with Crippen LogP contribution in [0.15, 0.2) is 23.4 Å². The van der Waals surface area contributed by atoms with E-state index in [1.54, 1.807) is 0 Å². The molecule has 0 aromatic carbocycles. The minimum atomic E-state index is 1.02. The molecule has 10 heavy (non-hydrogen) atoms. The molecule has 0 saturated carbocycles. The van der Waals surface area contributed by atoms with Crippen molar-refractivity contribution in [3.8, 4) is 0 Å². The van der Waals surface area contributed by atoms with Crippen LogP contribution in [0.4, 0.5) is 0 Å². The van der Waals surface area contributed by atoms with Crippen LogP contribution in [-0.2, 0) is 0 Å². The highest BCUT2D eigenvalue weighted by Crippen LogP contribution is 2.10. The van der Waals surface area contributed by atoms with Gasteiger partial charge in [0.15, 0.2) is 0 Å². The normalized spacial score (nSPS) is 17.4. The highest BCUT2D eigenvalue weighted by molar-refractivity contribution is 5.26. The molecule has 0 bridgehead atoms. The molecular formula is C9H15N. The van der Waals surface area contributed by atoms with Gasteiger partial charge in [0.05, 0.1) is 0 Å². The van der Waals surface area contributed by atoms with E-state index in [-0.39, 0.29) is 0 Å². The first-order chi connectivity index (χ1) is 4.86. The summed E-state index contributed by atoms with van der Waals surface area (Å²) in [6.45, 7) is 5.39. The second-order valence-corrected chi connectivity index (χ2v) is 2.54. The Labute approximate surface area is 62.8 Å². The van der Waals surface area contributed by atoms with Gasteiger partial charge in [-0.15, -0.1) is 0 Å². The molecule has 0 radical (unpaired) electrons. The van der Waals surface area contributed by atoms with Gasteiger partial charge in [0.25, 0.3) is 0 Å². The molecule has 1 heteroatoms. The Morgan fingerprint density at radius 1 is 1.40 bits per heavy atom. The molecule has 0 fully saturated rings. The summed E-state index contributed by atoms with van der Waals surface area (Å²) in [5.41, 5.74) is 2.84. The van der Waals surface area contributed by atoms with Crippen LogP contribution in [-0.4, -0.2) is 6.54 Å². The molecule has 1 aliphatic heterocycles. The van der Waals surface area contributed by atoms with E-state index < -0.39 is 0 Å². The van der Waals surface area contributed by atoms with E-state index in [0.717, 1.165) is 19.4 Å². The fourth-order valence-corrected chi connectivity index (χ4v) is 1.12. The SMILES string of the molecule is CCC1=CCNC(CC)=C1. The topological polar surface area (TPSA) is 12.0 Å². The van der Waals surface area contributed by atoms with E-state index in [4.69, 9.17) is 0 Å². The van der Waals surface area contributed by atoms with E-state index in [0.29, 0.717) is 0 Å². The number of hydrogen-bond acceptors (Lipinski definition) is 1. The van der Waals surface area contributed by atoms with E-state index in [1.807, 2.05) is 0 Å². The van der Waals surface area contributed by atoms with Gasteiger partial charge in [0.1, 0.15) is 0 Å². The summed E-state index contributed by atoms with van der Waals surface area (Å²) >= 11 is 0. The van der Waals surface area contributed by atoms with Crippen LogP contribution in [0.1, 0.15) is 26.7 Å². The van der Waals surface area contributed by atoms with E-state index >= 15 is 0 Å². The van der Waals surface area contributed by atoms with Gasteiger partial charge in [-0.1, -0.05) is 19.9 Å². The lowest BCUT2D eigenvalue weighted by atomic mass is 10.1. The highest BCUT2D eigenvalue weighted by atomic mass is 14.9. The molecule has 1 heterocycles. The van der Waals surface area contributed by atoms with Crippen molar-refractivity contribution in [3.05, 3.63) is 23.4 Å². The first-order valence-electron chi connectivity index (χ1n) is 4.00. The predicted octanol–water partition coefficient (Wildman–Crippen LogP) is 2.22. The summed E-state index contributed by atoms with van der Waals surface area (Å²) in [5, 5.41) is 3.32. The molecule has 1 rings (SSSR count). The standard InChI is InChI=1S/C9H15N/c1-3-8-5-6-10-9(4-2)7-8/h5,7,10H,3-4,6H2,1-2H3. The molecule has 0 saturated heterocycles. The van der Waals surface area contributed by atoms with Crippen LogP contribution in [0.5, 0.6) is 0 Å². The van der Waals surface area contributed by atoms with Gasteiger partial charge in [-0.3, -0.25) is 0 Å². The van der Waals surface area contributed by atoms with Crippen LogP contribution < -0.4 is 5.32 Å². The molecule has 0 aromatic heterocycles. The van der Waals surface area contributed by atoms with Crippen molar-refractivity contribution in [2.24, 2.45) is 0 Å². The second-order valence-electron chi connectivity index (χ2n) is 2.54. The van der Waals surface area contributed by atoms with Gasteiger partial charge in [0.2, 0.25) is 0 Å². The van der Waals surface area contributed by atoms with Crippen LogP contribution in [0, 0.1) is 0 Å². The number of nitrogens with one attached hydrogen (secondary N) is 1. The Balaban J connectivity index is 2.61. The van der Waals surface area contributed by atoms with Crippen molar-refractivity contribution in [1.29, 1.82) is 0 Å². The van der Waals surface area contributed by atoms with Gasteiger partial charge < -0.3 is 5.32 Å². The molecule has 0 atom stereocenters. The third-order valence-corrected chi connectivity index (χ3v) is 1.84. The van der Waals surface area contributed by atoms with Crippen LogP contribution in [0.3, 0.4) is 0 Å². The van der Waals surface area contributed by atoms with Crippen molar-refractivity contribution in [3.63, 3.8) is 0 Å². The summed E-state index contributed by atoms with van der Waals surface area (Å²) < 4.78 is 0. The van der Waals surface area contributed by atoms with Crippen molar-refractivity contribution in [2.45, 2.75) is 26.7 Å². The van der Waals surface area contributed by atoms with Gasteiger partial charge >= 0.3 is 0 Å². The molecule has 1 aliphatic rings. The molecule has 0 spiro atoms. The van der Waals surface area contributed by atoms with Crippen molar-refractivity contribution < 1.29 is 0 Å². The zero-order chi connectivity index (χ0) is 7.40. The van der Waals surface area contributed by atoms with Crippen molar-refractivity contribution in [2.75, 3.05) is 6.54 Å². The quantitative estimate of drug-likeness (QED) is 0.615. The summed E-state index contributed by atoms with van der Waals surface area (Å²) in [6.07, 6.45) is 6.78. The van der Waals surface area contributed by atoms with Crippen LogP contribution in [0.2, 0.25) is 0 Å². The van der Waals surface area contributed by atoms with Gasteiger partial charge in [-0.25, -0.2) is 0 Å². The molecule has 0 aliphatic carbocycles. The summed E-state index contributed by atoms with van der Waals surface area (Å²) in [5.74, 6) is 0. The number of rotatable bonds is 2. The Morgan fingerprint density at radius 2 is 2.20 bits per heavy atom. The fourth-order valence-electron chi connectivity index (χ4n) is 1.12. The Morgan fingerprint density at radius 3 is 2.80 bits per heavy atom. The number of allylic oxidation sites excluding steroid dienone is 3. The predicted molar refractivity (Wildman–Crippen MR) is 44.8 cm³/mol. The summed E-state index contributed by atoms with van der Waals surface area (Å²) in [7, 11) is 0. The Hall–Kier alpha value is -0.720. The van der Waals surface area contributed by atoms with Gasteiger partial charge in [0, 0.05) is 12.2 Å². The lowest BCUT2D eigenvalue weighted by molar-refractivity contribution is 0.816. The van der Waals surface area contributed by atoms with E-state index in [1.165, 1.54) is 11.3 Å². The molecule has 0 unspecified atom stereocenters. The second kappa shape index (κ2) is 3.45. The largest absolute Gasteiger partial charge is 0.385 e. The highest BCUT2D eigenvalue weighted by Gasteiger charge is 1.99. The molecule has 1 N–H and O–H groups in total. The first kappa shape index (κ1) is 7.39. The minimum absolute atomic E-state index is 1.02. The third-order valence-electron chi connectivity index (χ3n) is 1.84. The third kappa shape index (κ3) is 1.63. The molecule has 1 nitrogen and oxygen atoms in total. The average Bonchev–Trinajstić information content (AvgIpc) is 2.05. The van der Waals surface area contributed by atoms with E-state index in [9.17, 15) is 0 Å².